The van der Waals surface area contributed by atoms with Crippen LogP contribution in [0, 0.1) is 6.92 Å². The molecule has 0 atom stereocenters. The summed E-state index contributed by atoms with van der Waals surface area (Å²) in [7, 11) is 0. The van der Waals surface area contributed by atoms with Crippen molar-refractivity contribution in [1.29, 1.82) is 0 Å². The van der Waals surface area contributed by atoms with E-state index in [4.69, 9.17) is 9.47 Å². The van der Waals surface area contributed by atoms with Crippen molar-refractivity contribution in [2.75, 3.05) is 18.5 Å². The predicted molar refractivity (Wildman–Crippen MR) is 118 cm³/mol. The van der Waals surface area contributed by atoms with Crippen molar-refractivity contribution in [3.05, 3.63) is 95.1 Å². The lowest BCUT2D eigenvalue weighted by molar-refractivity contribution is -0.119. The first kappa shape index (κ1) is 21.8. The number of benzene rings is 3. The van der Waals surface area contributed by atoms with Crippen molar-refractivity contribution < 1.29 is 23.9 Å². The van der Waals surface area contributed by atoms with Gasteiger partial charge in [0, 0.05) is 16.8 Å². The van der Waals surface area contributed by atoms with Crippen LogP contribution in [0.15, 0.2) is 72.8 Å². The third kappa shape index (κ3) is 5.79. The largest absolute Gasteiger partial charge is 0.494 e. The molecule has 6 heteroatoms. The molecule has 0 heterocycles. The maximum atomic E-state index is 12.8. The quantitative estimate of drug-likeness (QED) is 0.433. The van der Waals surface area contributed by atoms with E-state index < -0.39 is 18.5 Å². The molecule has 0 aromatic heterocycles. The van der Waals surface area contributed by atoms with Gasteiger partial charge in [0.2, 0.25) is 0 Å². The number of anilines is 1. The molecule has 0 spiro atoms. The second kappa shape index (κ2) is 10.2. The number of amides is 1. The highest BCUT2D eigenvalue weighted by atomic mass is 16.5. The van der Waals surface area contributed by atoms with Crippen molar-refractivity contribution in [2.45, 2.75) is 13.8 Å². The van der Waals surface area contributed by atoms with E-state index in [2.05, 4.69) is 5.32 Å². The van der Waals surface area contributed by atoms with Crippen LogP contribution >= 0.6 is 0 Å². The molecule has 1 N–H and O–H groups in total. The van der Waals surface area contributed by atoms with Crippen LogP contribution in [0.25, 0.3) is 0 Å². The SMILES string of the molecule is CCOc1ccc(NC(=O)COC(=O)c2ccccc2C(=O)c2ccc(C)cc2)cc1. The summed E-state index contributed by atoms with van der Waals surface area (Å²) in [4.78, 5) is 37.5. The summed E-state index contributed by atoms with van der Waals surface area (Å²) in [6, 6.07) is 20.3. The van der Waals surface area contributed by atoms with Crippen LogP contribution in [0.4, 0.5) is 5.69 Å². The van der Waals surface area contributed by atoms with Gasteiger partial charge in [-0.1, -0.05) is 48.0 Å². The van der Waals surface area contributed by atoms with Crippen LogP contribution in [0.3, 0.4) is 0 Å². The molecule has 3 aromatic rings. The predicted octanol–water partition coefficient (Wildman–Crippen LogP) is 4.42. The smallest absolute Gasteiger partial charge is 0.339 e. The van der Waals surface area contributed by atoms with E-state index in [-0.39, 0.29) is 16.9 Å². The van der Waals surface area contributed by atoms with E-state index in [1.807, 2.05) is 26.0 Å². The monoisotopic (exact) mass is 417 g/mol. The Morgan fingerprint density at radius 2 is 1.48 bits per heavy atom. The fourth-order valence-corrected chi connectivity index (χ4v) is 2.93. The minimum absolute atomic E-state index is 0.113. The van der Waals surface area contributed by atoms with E-state index >= 15 is 0 Å². The molecule has 0 aliphatic heterocycles. The molecular formula is C25H23NO5. The van der Waals surface area contributed by atoms with Gasteiger partial charge in [-0.3, -0.25) is 9.59 Å². The van der Waals surface area contributed by atoms with Crippen molar-refractivity contribution in [3.63, 3.8) is 0 Å². The lowest BCUT2D eigenvalue weighted by Gasteiger charge is -2.10. The second-order valence-electron chi connectivity index (χ2n) is 6.82. The molecular weight excluding hydrogens is 394 g/mol. The Morgan fingerprint density at radius 1 is 0.839 bits per heavy atom. The highest BCUT2D eigenvalue weighted by Gasteiger charge is 2.20. The number of esters is 1. The maximum Gasteiger partial charge on any atom is 0.339 e. The number of carbonyl (C=O) groups excluding carboxylic acids is 3. The zero-order chi connectivity index (χ0) is 22.2. The average molecular weight is 417 g/mol. The Kier molecular flexibility index (Phi) is 7.17. The standard InChI is InChI=1S/C25H23NO5/c1-3-30-20-14-12-19(13-15-20)26-23(27)16-31-25(29)22-7-5-4-6-21(22)24(28)18-10-8-17(2)9-11-18/h4-15H,3,16H2,1-2H3,(H,26,27). The molecule has 0 bridgehead atoms. The Balaban J connectivity index is 1.63. The summed E-state index contributed by atoms with van der Waals surface area (Å²) in [5.74, 6) is -0.814. The molecule has 0 saturated heterocycles. The van der Waals surface area contributed by atoms with E-state index in [0.717, 1.165) is 5.56 Å². The van der Waals surface area contributed by atoms with Crippen LogP contribution in [-0.2, 0) is 9.53 Å². The minimum Gasteiger partial charge on any atom is -0.494 e. The topological polar surface area (TPSA) is 81.7 Å². The highest BCUT2D eigenvalue weighted by Crippen LogP contribution is 2.17. The second-order valence-corrected chi connectivity index (χ2v) is 6.82. The molecule has 0 fully saturated rings. The lowest BCUT2D eigenvalue weighted by Crippen LogP contribution is -2.22. The van der Waals surface area contributed by atoms with Gasteiger partial charge in [-0.05, 0) is 44.2 Å². The molecule has 0 aliphatic rings. The van der Waals surface area contributed by atoms with Crippen molar-refractivity contribution in [2.24, 2.45) is 0 Å². The van der Waals surface area contributed by atoms with Gasteiger partial charge >= 0.3 is 5.97 Å². The Morgan fingerprint density at radius 3 is 2.13 bits per heavy atom. The maximum absolute atomic E-state index is 12.8. The number of hydrogen-bond acceptors (Lipinski definition) is 5. The first-order valence-corrected chi connectivity index (χ1v) is 9.88. The lowest BCUT2D eigenvalue weighted by atomic mass is 9.98. The number of aryl methyl sites for hydroxylation is 1. The molecule has 0 aliphatic carbocycles. The first-order valence-electron chi connectivity index (χ1n) is 9.88. The van der Waals surface area contributed by atoms with Crippen molar-refractivity contribution >= 4 is 23.3 Å². The molecule has 0 saturated carbocycles. The summed E-state index contributed by atoms with van der Waals surface area (Å²) >= 11 is 0. The van der Waals surface area contributed by atoms with Crippen LogP contribution in [0.5, 0.6) is 5.75 Å². The zero-order valence-corrected chi connectivity index (χ0v) is 17.4. The molecule has 3 aromatic carbocycles. The van der Waals surface area contributed by atoms with Gasteiger partial charge in [-0.2, -0.15) is 0 Å². The number of carbonyl (C=O) groups is 3. The van der Waals surface area contributed by atoms with Crippen LogP contribution in [-0.4, -0.2) is 30.9 Å². The molecule has 1 amide bonds. The van der Waals surface area contributed by atoms with Gasteiger partial charge in [-0.25, -0.2) is 4.79 Å². The van der Waals surface area contributed by atoms with E-state index in [1.165, 1.54) is 6.07 Å². The summed E-state index contributed by atoms with van der Waals surface area (Å²) in [5.41, 5.74) is 2.39. The van der Waals surface area contributed by atoms with Crippen molar-refractivity contribution in [1.82, 2.24) is 0 Å². The van der Waals surface area contributed by atoms with Gasteiger partial charge < -0.3 is 14.8 Å². The van der Waals surface area contributed by atoms with Gasteiger partial charge in [0.05, 0.1) is 12.2 Å². The van der Waals surface area contributed by atoms with Crippen LogP contribution in [0.1, 0.15) is 38.8 Å². The van der Waals surface area contributed by atoms with Crippen LogP contribution < -0.4 is 10.1 Å². The summed E-state index contributed by atoms with van der Waals surface area (Å²) in [6.45, 7) is 3.89. The molecule has 31 heavy (non-hydrogen) atoms. The van der Waals surface area contributed by atoms with E-state index in [0.29, 0.717) is 23.6 Å². The fourth-order valence-electron chi connectivity index (χ4n) is 2.93. The zero-order valence-electron chi connectivity index (χ0n) is 17.4. The number of ether oxygens (including phenoxy) is 2. The number of rotatable bonds is 8. The summed E-state index contributed by atoms with van der Waals surface area (Å²) in [6.07, 6.45) is 0. The third-order valence-corrected chi connectivity index (χ3v) is 4.49. The van der Waals surface area contributed by atoms with Crippen molar-refractivity contribution in [3.8, 4) is 5.75 Å². The van der Waals surface area contributed by atoms with Gasteiger partial charge in [-0.15, -0.1) is 0 Å². The molecule has 6 nitrogen and oxygen atoms in total. The Hall–Kier alpha value is -3.93. The highest BCUT2D eigenvalue weighted by molar-refractivity contribution is 6.14. The molecule has 0 radical (unpaired) electrons. The van der Waals surface area contributed by atoms with Gasteiger partial charge in [0.1, 0.15) is 5.75 Å². The third-order valence-electron chi connectivity index (χ3n) is 4.49. The fraction of sp³-hybridized carbons (Fsp3) is 0.160. The first-order chi connectivity index (χ1) is 15.0. The normalized spacial score (nSPS) is 10.3. The molecule has 158 valence electrons. The summed E-state index contributed by atoms with van der Waals surface area (Å²) < 4.78 is 10.5. The van der Waals surface area contributed by atoms with Crippen LogP contribution in [0.2, 0.25) is 0 Å². The van der Waals surface area contributed by atoms with E-state index in [1.54, 1.807) is 54.6 Å². The minimum atomic E-state index is -0.738. The summed E-state index contributed by atoms with van der Waals surface area (Å²) in [5, 5.41) is 2.65. The number of hydrogen-bond donors (Lipinski definition) is 1. The van der Waals surface area contributed by atoms with Gasteiger partial charge in [0.25, 0.3) is 5.91 Å². The number of nitrogens with one attached hydrogen (secondary N) is 1. The van der Waals surface area contributed by atoms with Gasteiger partial charge in [0.15, 0.2) is 12.4 Å². The number of ketones is 1. The Bertz CT molecular complexity index is 1070. The average Bonchev–Trinajstić information content (AvgIpc) is 2.79. The molecule has 0 unspecified atom stereocenters. The van der Waals surface area contributed by atoms with E-state index in [9.17, 15) is 14.4 Å². The molecule has 3 rings (SSSR count). The Labute approximate surface area is 180 Å².